The lowest BCUT2D eigenvalue weighted by Crippen LogP contribution is -1.87. The van der Waals surface area contributed by atoms with Crippen molar-refractivity contribution in [1.82, 2.24) is 0 Å². The van der Waals surface area contributed by atoms with Crippen LogP contribution in [0.4, 0.5) is 0 Å². The fraction of sp³-hybridized carbons (Fsp3) is 1.00. The first-order chi connectivity index (χ1) is 6.95. The van der Waals surface area contributed by atoms with Gasteiger partial charge in [0.2, 0.25) is 0 Å². The maximum absolute atomic E-state index is 5.17. The quantitative estimate of drug-likeness (QED) is 0.420. The van der Waals surface area contributed by atoms with Gasteiger partial charge in [-0.25, -0.2) is 0 Å². The molecule has 2 nitrogen and oxygen atoms in total. The summed E-state index contributed by atoms with van der Waals surface area (Å²) in [6.07, 6.45) is 12.3. The molecule has 0 aromatic carbocycles. The molecule has 2 saturated heterocycles. The molecule has 0 aromatic rings. The normalized spacial score (nSPS) is 29.1. The summed E-state index contributed by atoms with van der Waals surface area (Å²) < 4.78 is 10.3. The van der Waals surface area contributed by atoms with Crippen molar-refractivity contribution < 1.29 is 9.47 Å². The van der Waals surface area contributed by atoms with E-state index in [0.717, 1.165) is 13.2 Å². The topological polar surface area (TPSA) is 25.1 Å². The SMILES string of the molecule is C(CCCCC1CO1)CCCC1CO1. The Bertz CT molecular complexity index is 132. The van der Waals surface area contributed by atoms with Gasteiger partial charge >= 0.3 is 0 Å². The van der Waals surface area contributed by atoms with Gasteiger partial charge in [0.05, 0.1) is 25.4 Å². The molecule has 2 aliphatic heterocycles. The average Bonchev–Trinajstić information content (AvgIpc) is 3.00. The van der Waals surface area contributed by atoms with Crippen LogP contribution >= 0.6 is 0 Å². The molecule has 0 radical (unpaired) electrons. The molecule has 2 atom stereocenters. The van der Waals surface area contributed by atoms with Crippen LogP contribution in [0.5, 0.6) is 0 Å². The van der Waals surface area contributed by atoms with E-state index in [1.807, 2.05) is 0 Å². The van der Waals surface area contributed by atoms with Gasteiger partial charge in [-0.2, -0.15) is 0 Å². The zero-order valence-corrected chi connectivity index (χ0v) is 9.04. The fourth-order valence-corrected chi connectivity index (χ4v) is 1.92. The predicted octanol–water partition coefficient (Wildman–Crippen LogP) is 2.90. The van der Waals surface area contributed by atoms with Gasteiger partial charge in [0.25, 0.3) is 0 Å². The summed E-state index contributed by atoms with van der Waals surface area (Å²) in [7, 11) is 0. The summed E-state index contributed by atoms with van der Waals surface area (Å²) in [5, 5.41) is 0. The first-order valence-corrected chi connectivity index (χ1v) is 6.18. The first kappa shape index (κ1) is 10.4. The van der Waals surface area contributed by atoms with Crippen molar-refractivity contribution >= 4 is 0 Å². The van der Waals surface area contributed by atoms with Gasteiger partial charge in [-0.15, -0.1) is 0 Å². The molecule has 0 bridgehead atoms. The van der Waals surface area contributed by atoms with Crippen LogP contribution in [0.1, 0.15) is 51.4 Å². The largest absolute Gasteiger partial charge is 0.373 e. The van der Waals surface area contributed by atoms with E-state index in [4.69, 9.17) is 9.47 Å². The second kappa shape index (κ2) is 5.72. The van der Waals surface area contributed by atoms with Crippen molar-refractivity contribution in [2.45, 2.75) is 63.6 Å². The van der Waals surface area contributed by atoms with Gasteiger partial charge in [0.15, 0.2) is 0 Å². The third-order valence-electron chi connectivity index (χ3n) is 3.11. The van der Waals surface area contributed by atoms with Crippen LogP contribution in [0.3, 0.4) is 0 Å². The van der Waals surface area contributed by atoms with Crippen LogP contribution in [-0.2, 0) is 9.47 Å². The monoisotopic (exact) mass is 198 g/mol. The molecule has 0 aromatic heterocycles. The van der Waals surface area contributed by atoms with Crippen LogP contribution in [-0.4, -0.2) is 25.4 Å². The molecule has 2 heteroatoms. The van der Waals surface area contributed by atoms with E-state index in [1.165, 1.54) is 51.4 Å². The molecule has 2 rings (SSSR count). The molecule has 2 aliphatic rings. The first-order valence-electron chi connectivity index (χ1n) is 6.18. The number of ether oxygens (including phenoxy) is 2. The summed E-state index contributed by atoms with van der Waals surface area (Å²) in [6.45, 7) is 2.06. The third kappa shape index (κ3) is 4.97. The van der Waals surface area contributed by atoms with Gasteiger partial charge < -0.3 is 9.47 Å². The lowest BCUT2D eigenvalue weighted by Gasteiger charge is -1.99. The molecule has 0 spiro atoms. The Morgan fingerprint density at radius 2 is 1.00 bits per heavy atom. The van der Waals surface area contributed by atoms with E-state index in [9.17, 15) is 0 Å². The fourth-order valence-electron chi connectivity index (χ4n) is 1.92. The van der Waals surface area contributed by atoms with Crippen molar-refractivity contribution in [3.8, 4) is 0 Å². The number of rotatable bonds is 9. The minimum Gasteiger partial charge on any atom is -0.373 e. The van der Waals surface area contributed by atoms with Gasteiger partial charge in [-0.3, -0.25) is 0 Å². The van der Waals surface area contributed by atoms with E-state index in [0.29, 0.717) is 12.2 Å². The van der Waals surface area contributed by atoms with Crippen LogP contribution in [0, 0.1) is 0 Å². The maximum atomic E-state index is 5.17. The predicted molar refractivity (Wildman–Crippen MR) is 56.4 cm³/mol. The molecule has 2 unspecified atom stereocenters. The van der Waals surface area contributed by atoms with Crippen molar-refractivity contribution in [2.75, 3.05) is 13.2 Å². The Balaban J connectivity index is 1.25. The minimum absolute atomic E-state index is 0.641. The van der Waals surface area contributed by atoms with Crippen molar-refractivity contribution in [3.63, 3.8) is 0 Å². The zero-order valence-electron chi connectivity index (χ0n) is 9.04. The Morgan fingerprint density at radius 1 is 0.643 bits per heavy atom. The second-order valence-electron chi connectivity index (χ2n) is 4.61. The smallest absolute Gasteiger partial charge is 0.0810 e. The molecular formula is C12H22O2. The molecule has 0 amide bonds. The highest BCUT2D eigenvalue weighted by atomic mass is 16.6. The van der Waals surface area contributed by atoms with Gasteiger partial charge in [0.1, 0.15) is 0 Å². The lowest BCUT2D eigenvalue weighted by molar-refractivity contribution is 0.382. The standard InChI is InChI=1S/C12H22O2/c1(3-5-7-11-9-13-11)2-4-6-8-12-10-14-12/h11-12H,1-10H2. The Kier molecular flexibility index (Phi) is 4.26. The number of epoxide rings is 2. The molecule has 0 N–H and O–H groups in total. The minimum atomic E-state index is 0.641. The Morgan fingerprint density at radius 3 is 1.36 bits per heavy atom. The summed E-state index contributed by atoms with van der Waals surface area (Å²) >= 11 is 0. The number of hydrogen-bond donors (Lipinski definition) is 0. The highest BCUT2D eigenvalue weighted by Crippen LogP contribution is 2.20. The maximum Gasteiger partial charge on any atom is 0.0810 e. The van der Waals surface area contributed by atoms with E-state index in [-0.39, 0.29) is 0 Å². The summed E-state index contributed by atoms with van der Waals surface area (Å²) in [6, 6.07) is 0. The van der Waals surface area contributed by atoms with Crippen LogP contribution < -0.4 is 0 Å². The zero-order chi connectivity index (χ0) is 9.64. The van der Waals surface area contributed by atoms with Crippen molar-refractivity contribution in [1.29, 1.82) is 0 Å². The van der Waals surface area contributed by atoms with E-state index < -0.39 is 0 Å². The molecule has 0 aliphatic carbocycles. The molecule has 14 heavy (non-hydrogen) atoms. The van der Waals surface area contributed by atoms with Crippen LogP contribution in [0.2, 0.25) is 0 Å². The highest BCUT2D eigenvalue weighted by molar-refractivity contribution is 4.69. The van der Waals surface area contributed by atoms with E-state index in [2.05, 4.69) is 0 Å². The van der Waals surface area contributed by atoms with Gasteiger partial charge in [0, 0.05) is 0 Å². The van der Waals surface area contributed by atoms with Crippen molar-refractivity contribution in [3.05, 3.63) is 0 Å². The van der Waals surface area contributed by atoms with Gasteiger partial charge in [-0.1, -0.05) is 38.5 Å². The molecule has 2 heterocycles. The van der Waals surface area contributed by atoms with Crippen molar-refractivity contribution in [2.24, 2.45) is 0 Å². The molecular weight excluding hydrogens is 176 g/mol. The van der Waals surface area contributed by atoms with Crippen LogP contribution in [0.15, 0.2) is 0 Å². The van der Waals surface area contributed by atoms with Crippen LogP contribution in [0.25, 0.3) is 0 Å². The van der Waals surface area contributed by atoms with E-state index in [1.54, 1.807) is 0 Å². The average molecular weight is 198 g/mol. The Hall–Kier alpha value is -0.0800. The lowest BCUT2D eigenvalue weighted by atomic mass is 10.1. The Labute approximate surface area is 87.0 Å². The third-order valence-corrected chi connectivity index (χ3v) is 3.11. The molecule has 2 fully saturated rings. The summed E-state index contributed by atoms with van der Waals surface area (Å²) in [4.78, 5) is 0. The molecule has 82 valence electrons. The van der Waals surface area contributed by atoms with Gasteiger partial charge in [-0.05, 0) is 12.8 Å². The molecule has 0 saturated carbocycles. The summed E-state index contributed by atoms with van der Waals surface area (Å²) in [5.74, 6) is 0. The second-order valence-corrected chi connectivity index (χ2v) is 4.61. The number of hydrogen-bond acceptors (Lipinski definition) is 2. The number of unbranched alkanes of at least 4 members (excludes halogenated alkanes) is 5. The summed E-state index contributed by atoms with van der Waals surface area (Å²) in [5.41, 5.74) is 0. The highest BCUT2D eigenvalue weighted by Gasteiger charge is 2.21. The van der Waals surface area contributed by atoms with E-state index >= 15 is 0 Å².